The molecule has 0 aromatic heterocycles. The summed E-state index contributed by atoms with van der Waals surface area (Å²) in [4.78, 5) is 7.97. The minimum Gasteiger partial charge on any atom is -0.330 e. The summed E-state index contributed by atoms with van der Waals surface area (Å²) in [6, 6.07) is 18.7. The highest BCUT2D eigenvalue weighted by Crippen LogP contribution is 2.08. The molecule has 2 aromatic carbocycles. The van der Waals surface area contributed by atoms with Gasteiger partial charge in [0, 0.05) is 0 Å². The zero-order valence-corrected chi connectivity index (χ0v) is 15.0. The maximum absolute atomic E-state index is 10.5. The molecular weight excluding hydrogens is 338 g/mol. The third-order valence-corrected chi connectivity index (χ3v) is 3.91. The average Bonchev–Trinajstić information content (AvgIpc) is 2.59. The zero-order chi connectivity index (χ0) is 18.5. The van der Waals surface area contributed by atoms with E-state index >= 15 is 0 Å². The molecule has 2 rings (SSSR count). The van der Waals surface area contributed by atoms with E-state index in [-0.39, 0.29) is 4.90 Å². The van der Waals surface area contributed by atoms with Crippen LogP contribution in [0.25, 0.3) is 0 Å². The molecule has 0 fully saturated rings. The van der Waals surface area contributed by atoms with E-state index in [1.165, 1.54) is 17.7 Å². The largest absolute Gasteiger partial charge is 0.330 e. The van der Waals surface area contributed by atoms with Gasteiger partial charge in [-0.25, -0.2) is 9.98 Å². The highest BCUT2D eigenvalue weighted by Gasteiger charge is 2.06. The molecule has 3 N–H and O–H groups in total. The van der Waals surface area contributed by atoms with E-state index in [2.05, 4.69) is 16.0 Å². The smallest absolute Gasteiger partial charge is 0.294 e. The molecule has 0 spiro atoms. The maximum atomic E-state index is 10.5. The van der Waals surface area contributed by atoms with Crippen LogP contribution in [0.5, 0.6) is 0 Å². The normalized spacial score (nSPS) is 10.2. The van der Waals surface area contributed by atoms with Crippen molar-refractivity contribution in [3.05, 3.63) is 65.7 Å². The first-order valence-corrected chi connectivity index (χ1v) is 9.23. The monoisotopic (exact) mass is 361 g/mol. The van der Waals surface area contributed by atoms with Crippen LogP contribution in [0.2, 0.25) is 0 Å². The lowest BCUT2D eigenvalue weighted by molar-refractivity contribution is 0.483. The first-order chi connectivity index (χ1) is 11.9. The molecule has 0 bridgehead atoms. The van der Waals surface area contributed by atoms with E-state index in [1.807, 2.05) is 37.3 Å². The Hall–Kier alpha value is -2.31. The molecule has 2 aromatic rings. The Morgan fingerprint density at radius 1 is 1.04 bits per heavy atom. The van der Waals surface area contributed by atoms with Crippen LogP contribution in [-0.4, -0.2) is 32.1 Å². The number of aryl methyl sites for hydroxylation is 1. The van der Waals surface area contributed by atoms with Crippen molar-refractivity contribution in [2.45, 2.75) is 24.8 Å². The molecule has 0 saturated heterocycles. The minimum atomic E-state index is -4.02. The summed E-state index contributed by atoms with van der Waals surface area (Å²) in [7, 11) is -4.02. The molecule has 134 valence electrons. The van der Waals surface area contributed by atoms with Gasteiger partial charge in [0.05, 0.1) is 24.0 Å². The average molecular weight is 361 g/mol. The van der Waals surface area contributed by atoms with Gasteiger partial charge in [0.1, 0.15) is 0 Å². The number of hydrogen-bond acceptors (Lipinski definition) is 5. The second kappa shape index (κ2) is 11.3. The minimum absolute atomic E-state index is 0.0666. The zero-order valence-electron chi connectivity index (χ0n) is 14.2. The summed E-state index contributed by atoms with van der Waals surface area (Å²) in [6.45, 7) is 3.87. The van der Waals surface area contributed by atoms with Crippen LogP contribution in [-0.2, 0) is 16.7 Å². The Bertz CT molecular complexity index is 782. The summed E-state index contributed by atoms with van der Waals surface area (Å²) in [5, 5.41) is 0. The van der Waals surface area contributed by atoms with Crippen molar-refractivity contribution in [2.24, 2.45) is 15.7 Å². The fourth-order valence-corrected chi connectivity index (χ4v) is 2.17. The second-order valence-corrected chi connectivity index (χ2v) is 6.64. The molecule has 7 heteroatoms. The van der Waals surface area contributed by atoms with Gasteiger partial charge in [0.15, 0.2) is 0 Å². The number of benzene rings is 2. The van der Waals surface area contributed by atoms with Crippen molar-refractivity contribution in [3.8, 4) is 0 Å². The van der Waals surface area contributed by atoms with Crippen molar-refractivity contribution < 1.29 is 13.0 Å². The number of rotatable bonds is 6. The summed E-state index contributed by atoms with van der Waals surface area (Å²) in [5.41, 5.74) is 7.45. The topological polar surface area (TPSA) is 105 Å². The number of hydrogen-bond donors (Lipinski definition) is 2. The Kier molecular flexibility index (Phi) is 9.36. The first kappa shape index (κ1) is 20.7. The van der Waals surface area contributed by atoms with Gasteiger partial charge in [-0.3, -0.25) is 4.55 Å². The van der Waals surface area contributed by atoms with E-state index in [0.29, 0.717) is 13.1 Å². The van der Waals surface area contributed by atoms with E-state index in [0.717, 1.165) is 18.5 Å². The maximum Gasteiger partial charge on any atom is 0.294 e. The Balaban J connectivity index is 0.000000257. The van der Waals surface area contributed by atoms with Crippen LogP contribution in [0, 0.1) is 6.92 Å². The summed E-state index contributed by atoms with van der Waals surface area (Å²) < 4.78 is 29.6. The van der Waals surface area contributed by atoms with Crippen molar-refractivity contribution >= 4 is 16.1 Å². The van der Waals surface area contributed by atoms with Gasteiger partial charge in [-0.15, -0.1) is 0 Å². The van der Waals surface area contributed by atoms with Gasteiger partial charge in [-0.05, 0) is 37.6 Å². The Morgan fingerprint density at radius 3 is 2.24 bits per heavy atom. The van der Waals surface area contributed by atoms with E-state index in [1.54, 1.807) is 12.1 Å². The standard InChI is InChI=1S/C11H15N3.C7H8O3S/c12-7-4-8-13-10-14-9-11-5-2-1-3-6-11;1-6-2-4-7(5-3-6)11(8,9)10/h1-3,5-6H,4,7-9,12H2;2-5H,1H3,(H,8,9,10). The van der Waals surface area contributed by atoms with E-state index in [4.69, 9.17) is 10.3 Å². The van der Waals surface area contributed by atoms with Gasteiger partial charge in [-0.2, -0.15) is 8.42 Å². The van der Waals surface area contributed by atoms with Crippen LogP contribution in [0.4, 0.5) is 0 Å². The van der Waals surface area contributed by atoms with Crippen LogP contribution < -0.4 is 5.73 Å². The second-order valence-electron chi connectivity index (χ2n) is 5.21. The third-order valence-electron chi connectivity index (χ3n) is 3.04. The molecule has 0 amide bonds. The highest BCUT2D eigenvalue weighted by atomic mass is 32.2. The predicted molar refractivity (Wildman–Crippen MR) is 99.5 cm³/mol. The number of nitrogens with two attached hydrogens (primary N) is 1. The molecule has 0 aliphatic rings. The molecule has 0 saturated carbocycles. The molecule has 0 aliphatic heterocycles. The molecule has 6 nitrogen and oxygen atoms in total. The Labute approximate surface area is 148 Å². The molecule has 25 heavy (non-hydrogen) atoms. The van der Waals surface area contributed by atoms with Crippen LogP contribution in [0.3, 0.4) is 0 Å². The van der Waals surface area contributed by atoms with Crippen LogP contribution >= 0.6 is 0 Å². The summed E-state index contributed by atoms with van der Waals surface area (Å²) in [6.07, 6.45) is 0.897. The number of aliphatic imine (C=N–C) groups is 2. The summed E-state index contributed by atoms with van der Waals surface area (Å²) >= 11 is 0. The van der Waals surface area contributed by atoms with Crippen LogP contribution in [0.1, 0.15) is 17.5 Å². The lowest BCUT2D eigenvalue weighted by Gasteiger charge is -1.95. The molecule has 0 radical (unpaired) electrons. The van der Waals surface area contributed by atoms with Gasteiger partial charge in [0.25, 0.3) is 10.1 Å². The molecule has 0 atom stereocenters. The van der Waals surface area contributed by atoms with Gasteiger partial charge < -0.3 is 5.73 Å². The predicted octanol–water partition coefficient (Wildman–Crippen LogP) is 2.95. The molecule has 0 heterocycles. The first-order valence-electron chi connectivity index (χ1n) is 7.79. The van der Waals surface area contributed by atoms with Gasteiger partial charge in [-0.1, -0.05) is 48.0 Å². The quantitative estimate of drug-likeness (QED) is 0.469. The van der Waals surface area contributed by atoms with Crippen molar-refractivity contribution in [1.29, 1.82) is 0 Å². The lowest BCUT2D eigenvalue weighted by atomic mass is 10.2. The van der Waals surface area contributed by atoms with Crippen molar-refractivity contribution in [1.82, 2.24) is 0 Å². The molecule has 0 aliphatic carbocycles. The molecular formula is C18H23N3O3S. The van der Waals surface area contributed by atoms with Gasteiger partial charge in [0.2, 0.25) is 0 Å². The number of nitrogens with zero attached hydrogens (tertiary/aromatic N) is 2. The third kappa shape index (κ3) is 9.54. The fourth-order valence-electron chi connectivity index (χ4n) is 1.69. The molecule has 0 unspecified atom stereocenters. The van der Waals surface area contributed by atoms with E-state index < -0.39 is 10.1 Å². The highest BCUT2D eigenvalue weighted by molar-refractivity contribution is 7.85. The lowest BCUT2D eigenvalue weighted by Crippen LogP contribution is -1.99. The van der Waals surface area contributed by atoms with Gasteiger partial charge >= 0.3 is 0 Å². The van der Waals surface area contributed by atoms with E-state index in [9.17, 15) is 8.42 Å². The fraction of sp³-hybridized carbons (Fsp3) is 0.278. The summed E-state index contributed by atoms with van der Waals surface area (Å²) in [5.74, 6) is 0. The Morgan fingerprint density at radius 2 is 1.68 bits per heavy atom. The van der Waals surface area contributed by atoms with Crippen molar-refractivity contribution in [2.75, 3.05) is 13.1 Å². The SMILES string of the molecule is Cc1ccc(S(=O)(=O)O)cc1.NCCCN=C=NCc1ccccc1. The van der Waals surface area contributed by atoms with Crippen LogP contribution in [0.15, 0.2) is 69.5 Å². The van der Waals surface area contributed by atoms with Crippen molar-refractivity contribution in [3.63, 3.8) is 0 Å².